The lowest BCUT2D eigenvalue weighted by Crippen LogP contribution is -2.27. The van der Waals surface area contributed by atoms with Crippen molar-refractivity contribution in [2.45, 2.75) is 32.6 Å². The zero-order valence-electron chi connectivity index (χ0n) is 12.0. The molecule has 0 aliphatic carbocycles. The third-order valence-electron chi connectivity index (χ3n) is 3.14. The van der Waals surface area contributed by atoms with E-state index >= 15 is 0 Å². The van der Waals surface area contributed by atoms with Crippen molar-refractivity contribution in [2.75, 3.05) is 20.7 Å². The van der Waals surface area contributed by atoms with Crippen molar-refractivity contribution in [1.29, 1.82) is 0 Å². The second kappa shape index (κ2) is 7.67. The summed E-state index contributed by atoms with van der Waals surface area (Å²) in [5, 5.41) is 9.50. The number of nitrogens with zero attached hydrogens (tertiary/aromatic N) is 1. The molecule has 0 unspecified atom stereocenters. The van der Waals surface area contributed by atoms with Gasteiger partial charge >= 0.3 is 0 Å². The van der Waals surface area contributed by atoms with E-state index in [9.17, 15) is 9.90 Å². The normalized spacial score (nSPS) is 10.3. The maximum atomic E-state index is 11.9. The molecule has 0 spiro atoms. The molecule has 1 amide bonds. The Morgan fingerprint density at radius 2 is 2.16 bits per heavy atom. The van der Waals surface area contributed by atoms with Gasteiger partial charge in [-0.25, -0.2) is 0 Å². The smallest absolute Gasteiger partial charge is 0.222 e. The molecule has 0 atom stereocenters. The minimum atomic E-state index is 0.123. The highest BCUT2D eigenvalue weighted by molar-refractivity contribution is 5.76. The number of methoxy groups -OCH3 is 1. The summed E-state index contributed by atoms with van der Waals surface area (Å²) in [4.78, 5) is 13.7. The van der Waals surface area contributed by atoms with Crippen LogP contribution in [-0.2, 0) is 11.2 Å². The minimum absolute atomic E-state index is 0.123. The Bertz CT molecular complexity index is 418. The molecule has 4 nitrogen and oxygen atoms in total. The molecule has 106 valence electrons. The van der Waals surface area contributed by atoms with E-state index in [-0.39, 0.29) is 11.7 Å². The molecular weight excluding hydrogens is 242 g/mol. The largest absolute Gasteiger partial charge is 0.504 e. The van der Waals surface area contributed by atoms with Gasteiger partial charge in [-0.15, -0.1) is 0 Å². The average molecular weight is 265 g/mol. The maximum Gasteiger partial charge on any atom is 0.222 e. The fourth-order valence-corrected chi connectivity index (χ4v) is 1.84. The number of phenols is 1. The minimum Gasteiger partial charge on any atom is -0.504 e. The second-order valence-corrected chi connectivity index (χ2v) is 4.68. The number of benzene rings is 1. The van der Waals surface area contributed by atoms with Gasteiger partial charge in [0, 0.05) is 20.0 Å². The maximum absolute atomic E-state index is 11.9. The molecule has 19 heavy (non-hydrogen) atoms. The first kappa shape index (κ1) is 15.3. The lowest BCUT2D eigenvalue weighted by molar-refractivity contribution is -0.129. The Morgan fingerprint density at radius 3 is 2.79 bits per heavy atom. The number of carbonyl (C=O) groups excluding carboxylic acids is 1. The van der Waals surface area contributed by atoms with Crippen molar-refractivity contribution >= 4 is 5.91 Å². The summed E-state index contributed by atoms with van der Waals surface area (Å²) in [7, 11) is 3.36. The predicted molar refractivity (Wildman–Crippen MR) is 75.5 cm³/mol. The molecule has 0 saturated carbocycles. The molecule has 1 aromatic carbocycles. The van der Waals surface area contributed by atoms with Gasteiger partial charge in [-0.05, 0) is 30.5 Å². The Morgan fingerprint density at radius 1 is 1.42 bits per heavy atom. The van der Waals surface area contributed by atoms with Gasteiger partial charge in [0.2, 0.25) is 5.91 Å². The number of unbranched alkanes of at least 4 members (excludes halogenated alkanes) is 1. The first-order chi connectivity index (χ1) is 9.08. The van der Waals surface area contributed by atoms with Crippen LogP contribution in [0.25, 0.3) is 0 Å². The zero-order chi connectivity index (χ0) is 14.3. The number of hydrogen-bond donors (Lipinski definition) is 1. The summed E-state index contributed by atoms with van der Waals surface area (Å²) in [6.07, 6.45) is 3.27. The van der Waals surface area contributed by atoms with Crippen LogP contribution in [0.15, 0.2) is 18.2 Å². The van der Waals surface area contributed by atoms with Gasteiger partial charge in [0.25, 0.3) is 0 Å². The van der Waals surface area contributed by atoms with E-state index < -0.39 is 0 Å². The van der Waals surface area contributed by atoms with Crippen LogP contribution in [0, 0.1) is 0 Å². The molecule has 0 aliphatic rings. The fourth-order valence-electron chi connectivity index (χ4n) is 1.84. The molecule has 0 heterocycles. The van der Waals surface area contributed by atoms with Crippen LogP contribution >= 0.6 is 0 Å². The molecule has 0 fully saturated rings. The Hall–Kier alpha value is -1.71. The summed E-state index contributed by atoms with van der Waals surface area (Å²) in [6, 6.07) is 5.19. The van der Waals surface area contributed by atoms with Gasteiger partial charge in [0.1, 0.15) is 0 Å². The SMILES string of the molecule is CCCCN(C)C(=O)CCc1ccc(O)c(OC)c1. The molecule has 1 rings (SSSR count). The molecule has 0 aliphatic heterocycles. The van der Waals surface area contributed by atoms with Gasteiger partial charge in [-0.3, -0.25) is 4.79 Å². The van der Waals surface area contributed by atoms with Crippen LogP contribution in [0.2, 0.25) is 0 Å². The topological polar surface area (TPSA) is 49.8 Å². The number of amides is 1. The predicted octanol–water partition coefficient (Wildman–Crippen LogP) is 2.59. The van der Waals surface area contributed by atoms with Gasteiger partial charge < -0.3 is 14.7 Å². The van der Waals surface area contributed by atoms with E-state index in [1.807, 2.05) is 13.1 Å². The molecule has 0 aromatic heterocycles. The van der Waals surface area contributed by atoms with E-state index in [0.717, 1.165) is 24.9 Å². The summed E-state index contributed by atoms with van der Waals surface area (Å²) in [5.74, 6) is 0.724. The van der Waals surface area contributed by atoms with Gasteiger partial charge in [-0.2, -0.15) is 0 Å². The molecule has 1 N–H and O–H groups in total. The number of aryl methyl sites for hydroxylation is 1. The molecule has 0 bridgehead atoms. The third kappa shape index (κ3) is 4.81. The van der Waals surface area contributed by atoms with Crippen molar-refractivity contribution in [3.8, 4) is 11.5 Å². The standard InChI is InChI=1S/C15H23NO3/c1-4-5-10-16(2)15(18)9-7-12-6-8-13(17)14(11-12)19-3/h6,8,11,17H,4-5,7,9-10H2,1-3H3. The molecule has 0 saturated heterocycles. The monoisotopic (exact) mass is 265 g/mol. The average Bonchev–Trinajstić information content (AvgIpc) is 2.43. The summed E-state index contributed by atoms with van der Waals surface area (Å²) >= 11 is 0. The van der Waals surface area contributed by atoms with Gasteiger partial charge in [0.15, 0.2) is 11.5 Å². The third-order valence-corrected chi connectivity index (χ3v) is 3.14. The van der Waals surface area contributed by atoms with Crippen molar-refractivity contribution < 1.29 is 14.6 Å². The van der Waals surface area contributed by atoms with Gasteiger partial charge in [-0.1, -0.05) is 19.4 Å². The van der Waals surface area contributed by atoms with E-state index in [1.165, 1.54) is 7.11 Å². The van der Waals surface area contributed by atoms with Crippen LogP contribution in [0.1, 0.15) is 31.7 Å². The number of phenolic OH excluding ortho intramolecular Hbond substituents is 1. The van der Waals surface area contributed by atoms with E-state index in [4.69, 9.17) is 4.74 Å². The summed E-state index contributed by atoms with van der Waals surface area (Å²) in [5.41, 5.74) is 0.992. The first-order valence-electron chi connectivity index (χ1n) is 6.68. The van der Waals surface area contributed by atoms with E-state index in [2.05, 4.69) is 6.92 Å². The Labute approximate surface area is 115 Å². The second-order valence-electron chi connectivity index (χ2n) is 4.68. The number of carbonyl (C=O) groups is 1. The number of hydrogen-bond acceptors (Lipinski definition) is 3. The van der Waals surface area contributed by atoms with E-state index in [0.29, 0.717) is 18.6 Å². The fraction of sp³-hybridized carbons (Fsp3) is 0.533. The lowest BCUT2D eigenvalue weighted by atomic mass is 10.1. The highest BCUT2D eigenvalue weighted by atomic mass is 16.5. The van der Waals surface area contributed by atoms with Crippen LogP contribution in [0.5, 0.6) is 11.5 Å². The Balaban J connectivity index is 2.50. The molecule has 4 heteroatoms. The van der Waals surface area contributed by atoms with Crippen LogP contribution in [0.4, 0.5) is 0 Å². The number of rotatable bonds is 7. The number of aromatic hydroxyl groups is 1. The number of ether oxygens (including phenoxy) is 1. The lowest BCUT2D eigenvalue weighted by Gasteiger charge is -2.16. The van der Waals surface area contributed by atoms with Crippen molar-refractivity contribution in [1.82, 2.24) is 4.90 Å². The summed E-state index contributed by atoms with van der Waals surface area (Å²) < 4.78 is 5.05. The highest BCUT2D eigenvalue weighted by Gasteiger charge is 2.09. The highest BCUT2D eigenvalue weighted by Crippen LogP contribution is 2.26. The van der Waals surface area contributed by atoms with Crippen molar-refractivity contribution in [3.05, 3.63) is 23.8 Å². The summed E-state index contributed by atoms with van der Waals surface area (Å²) in [6.45, 7) is 2.93. The van der Waals surface area contributed by atoms with Crippen molar-refractivity contribution in [2.24, 2.45) is 0 Å². The zero-order valence-corrected chi connectivity index (χ0v) is 12.0. The quantitative estimate of drug-likeness (QED) is 0.824. The van der Waals surface area contributed by atoms with Crippen LogP contribution in [-0.4, -0.2) is 36.6 Å². The van der Waals surface area contributed by atoms with Crippen LogP contribution in [0.3, 0.4) is 0 Å². The Kier molecular flexibility index (Phi) is 6.19. The van der Waals surface area contributed by atoms with E-state index in [1.54, 1.807) is 17.0 Å². The molecule has 1 aromatic rings. The van der Waals surface area contributed by atoms with Crippen molar-refractivity contribution in [3.63, 3.8) is 0 Å². The molecule has 0 radical (unpaired) electrons. The van der Waals surface area contributed by atoms with Gasteiger partial charge in [0.05, 0.1) is 7.11 Å². The van der Waals surface area contributed by atoms with Crippen LogP contribution < -0.4 is 4.74 Å². The first-order valence-corrected chi connectivity index (χ1v) is 6.68. The molecular formula is C15H23NO3.